The molecule has 8 heteroatoms. The number of amides is 2. The molecule has 188 valence electrons. The first-order chi connectivity index (χ1) is 17.5. The quantitative estimate of drug-likeness (QED) is 0.519. The first-order valence-electron chi connectivity index (χ1n) is 12.3. The highest BCUT2D eigenvalue weighted by atomic mass is 32.1. The predicted molar refractivity (Wildman–Crippen MR) is 138 cm³/mol. The smallest absolute Gasteiger partial charge is 0.257 e. The summed E-state index contributed by atoms with van der Waals surface area (Å²) in [5.74, 6) is 0.255. The maximum absolute atomic E-state index is 14.1. The molecule has 1 atom stereocenters. The lowest BCUT2D eigenvalue weighted by molar-refractivity contribution is -0.132. The van der Waals surface area contributed by atoms with Crippen LogP contribution in [0, 0.1) is 5.82 Å². The molecule has 1 aromatic heterocycles. The van der Waals surface area contributed by atoms with Crippen molar-refractivity contribution in [2.45, 2.75) is 18.9 Å². The summed E-state index contributed by atoms with van der Waals surface area (Å²) in [5.41, 5.74) is 2.57. The van der Waals surface area contributed by atoms with E-state index in [0.29, 0.717) is 43.9 Å². The van der Waals surface area contributed by atoms with Crippen molar-refractivity contribution in [2.75, 3.05) is 46.4 Å². The number of carbonyl (C=O) groups excluding carboxylic acids is 2. The van der Waals surface area contributed by atoms with Gasteiger partial charge >= 0.3 is 0 Å². The maximum atomic E-state index is 14.1. The van der Waals surface area contributed by atoms with Gasteiger partial charge in [0.1, 0.15) is 11.6 Å². The number of hydrogen-bond acceptors (Lipinski definition) is 5. The van der Waals surface area contributed by atoms with Crippen molar-refractivity contribution < 1.29 is 18.7 Å². The molecule has 3 aromatic rings. The number of benzene rings is 2. The maximum Gasteiger partial charge on any atom is 0.257 e. The Kier molecular flexibility index (Phi) is 7.34. The number of methoxy groups -OCH3 is 1. The molecule has 1 saturated heterocycles. The van der Waals surface area contributed by atoms with Crippen LogP contribution in [0.3, 0.4) is 0 Å². The molecule has 0 unspecified atom stereocenters. The fraction of sp³-hybridized carbons (Fsp3) is 0.357. The summed E-state index contributed by atoms with van der Waals surface area (Å²) in [6, 6.07) is 15.9. The lowest BCUT2D eigenvalue weighted by atomic mass is 9.93. The van der Waals surface area contributed by atoms with Crippen LogP contribution in [0.25, 0.3) is 0 Å². The van der Waals surface area contributed by atoms with E-state index in [-0.39, 0.29) is 30.2 Å². The van der Waals surface area contributed by atoms with Gasteiger partial charge in [0.15, 0.2) is 0 Å². The molecule has 3 heterocycles. The van der Waals surface area contributed by atoms with Gasteiger partial charge in [0.2, 0.25) is 5.91 Å². The average Bonchev–Trinajstić information content (AvgIpc) is 3.23. The van der Waals surface area contributed by atoms with Crippen LogP contribution < -0.4 is 4.74 Å². The van der Waals surface area contributed by atoms with Crippen molar-refractivity contribution >= 4 is 23.2 Å². The number of ether oxygens (including phenoxy) is 1. The lowest BCUT2D eigenvalue weighted by Gasteiger charge is -2.37. The number of nitrogens with zero attached hydrogens (tertiary/aromatic N) is 3. The number of rotatable bonds is 5. The van der Waals surface area contributed by atoms with Crippen LogP contribution in [0.1, 0.15) is 38.8 Å². The monoisotopic (exact) mass is 507 g/mol. The molecule has 5 rings (SSSR count). The molecular formula is C28H30FN3O3S. The van der Waals surface area contributed by atoms with Gasteiger partial charge in [-0.2, -0.15) is 0 Å². The first kappa shape index (κ1) is 24.5. The van der Waals surface area contributed by atoms with Crippen molar-refractivity contribution in [2.24, 2.45) is 0 Å². The second kappa shape index (κ2) is 10.8. The molecule has 2 aliphatic rings. The summed E-state index contributed by atoms with van der Waals surface area (Å²) in [7, 11) is 1.56. The van der Waals surface area contributed by atoms with Crippen molar-refractivity contribution in [1.82, 2.24) is 14.7 Å². The van der Waals surface area contributed by atoms with Gasteiger partial charge in [-0.3, -0.25) is 14.5 Å². The Bertz CT molecular complexity index is 1250. The third-order valence-electron chi connectivity index (χ3n) is 7.04. The van der Waals surface area contributed by atoms with E-state index in [1.807, 2.05) is 23.1 Å². The highest BCUT2D eigenvalue weighted by Crippen LogP contribution is 2.37. The van der Waals surface area contributed by atoms with E-state index in [1.165, 1.54) is 10.9 Å². The van der Waals surface area contributed by atoms with Gasteiger partial charge in [0, 0.05) is 37.6 Å². The third-order valence-corrected chi connectivity index (χ3v) is 8.04. The minimum absolute atomic E-state index is 0.0432. The second-order valence-corrected chi connectivity index (χ2v) is 10.2. The number of fused-ring (bicyclic) bond motifs is 1. The van der Waals surface area contributed by atoms with Gasteiger partial charge < -0.3 is 14.5 Å². The summed E-state index contributed by atoms with van der Waals surface area (Å²) < 4.78 is 19.5. The van der Waals surface area contributed by atoms with Gasteiger partial charge in [-0.25, -0.2) is 4.39 Å². The Morgan fingerprint density at radius 3 is 2.64 bits per heavy atom. The normalized spacial score (nSPS) is 18.4. The zero-order valence-electron chi connectivity index (χ0n) is 20.4. The zero-order valence-corrected chi connectivity index (χ0v) is 21.2. The molecular weight excluding hydrogens is 477 g/mol. The van der Waals surface area contributed by atoms with Crippen LogP contribution in [0.2, 0.25) is 0 Å². The van der Waals surface area contributed by atoms with Crippen molar-refractivity contribution in [3.8, 4) is 5.75 Å². The van der Waals surface area contributed by atoms with Gasteiger partial charge in [0.25, 0.3) is 5.91 Å². The van der Waals surface area contributed by atoms with Crippen LogP contribution in [-0.4, -0.2) is 72.9 Å². The van der Waals surface area contributed by atoms with Gasteiger partial charge in [-0.05, 0) is 59.7 Å². The van der Waals surface area contributed by atoms with E-state index >= 15 is 0 Å². The van der Waals surface area contributed by atoms with Crippen LogP contribution in [-0.2, 0) is 11.2 Å². The molecule has 2 aromatic carbocycles. The molecule has 1 fully saturated rings. The zero-order chi connectivity index (χ0) is 25.1. The summed E-state index contributed by atoms with van der Waals surface area (Å²) in [6.45, 7) is 3.17. The van der Waals surface area contributed by atoms with Crippen molar-refractivity contribution in [1.29, 1.82) is 0 Å². The molecule has 0 aliphatic carbocycles. The van der Waals surface area contributed by atoms with E-state index in [4.69, 9.17) is 4.74 Å². The van der Waals surface area contributed by atoms with E-state index in [0.717, 1.165) is 24.1 Å². The molecule has 6 nitrogen and oxygen atoms in total. The van der Waals surface area contributed by atoms with Crippen LogP contribution in [0.5, 0.6) is 5.75 Å². The topological polar surface area (TPSA) is 53.1 Å². The Labute approximate surface area is 214 Å². The highest BCUT2D eigenvalue weighted by molar-refractivity contribution is 7.10. The van der Waals surface area contributed by atoms with Crippen molar-refractivity contribution in [3.63, 3.8) is 0 Å². The van der Waals surface area contributed by atoms with Crippen LogP contribution >= 0.6 is 11.3 Å². The Morgan fingerprint density at radius 2 is 1.81 bits per heavy atom. The predicted octanol–water partition coefficient (Wildman–Crippen LogP) is 4.22. The first-order valence-corrected chi connectivity index (χ1v) is 13.2. The Hall–Kier alpha value is -3.23. The third kappa shape index (κ3) is 5.01. The van der Waals surface area contributed by atoms with Gasteiger partial charge in [0.05, 0.1) is 25.3 Å². The summed E-state index contributed by atoms with van der Waals surface area (Å²) in [6.07, 6.45) is 1.60. The fourth-order valence-electron chi connectivity index (χ4n) is 5.24. The molecule has 0 bridgehead atoms. The summed E-state index contributed by atoms with van der Waals surface area (Å²) in [4.78, 5) is 33.7. The molecule has 2 aliphatic heterocycles. The van der Waals surface area contributed by atoms with E-state index in [1.54, 1.807) is 47.6 Å². The van der Waals surface area contributed by atoms with Gasteiger partial charge in [-0.1, -0.05) is 24.3 Å². The van der Waals surface area contributed by atoms with E-state index < -0.39 is 0 Å². The number of carbonyl (C=O) groups is 2. The molecule has 0 N–H and O–H groups in total. The van der Waals surface area contributed by atoms with Crippen LogP contribution in [0.15, 0.2) is 60.0 Å². The minimum Gasteiger partial charge on any atom is -0.496 e. The highest BCUT2D eigenvalue weighted by Gasteiger charge is 2.33. The summed E-state index contributed by atoms with van der Waals surface area (Å²) in [5, 5.41) is 2.07. The Balaban J connectivity index is 1.28. The van der Waals surface area contributed by atoms with Crippen LogP contribution in [0.4, 0.5) is 4.39 Å². The number of thiophene rings is 1. The molecule has 2 amide bonds. The minimum atomic E-state index is -0.270. The summed E-state index contributed by atoms with van der Waals surface area (Å²) >= 11 is 1.72. The largest absolute Gasteiger partial charge is 0.496 e. The standard InChI is InChI=1S/C28H30FN3O3S/c1-35-24-9-3-2-8-22(24)28(34)31-13-5-12-30(15-16-31)26(33)19-32-14-10-25-23(11-17-36-25)27(32)20-6-4-7-21(29)18-20/h2-4,6-9,11,17-18,27H,5,10,12-16,19H2,1H3/t27-/m0/s1. The average molecular weight is 508 g/mol. The van der Waals surface area contributed by atoms with Crippen molar-refractivity contribution in [3.05, 3.63) is 87.4 Å². The lowest BCUT2D eigenvalue weighted by Crippen LogP contribution is -2.45. The van der Waals surface area contributed by atoms with E-state index in [2.05, 4.69) is 16.3 Å². The molecule has 0 spiro atoms. The fourth-order valence-corrected chi connectivity index (χ4v) is 6.14. The number of hydrogen-bond donors (Lipinski definition) is 0. The Morgan fingerprint density at radius 1 is 1.00 bits per heavy atom. The van der Waals surface area contributed by atoms with Gasteiger partial charge in [-0.15, -0.1) is 11.3 Å². The van der Waals surface area contributed by atoms with E-state index in [9.17, 15) is 14.0 Å². The molecule has 0 saturated carbocycles. The number of halogens is 1. The molecule has 0 radical (unpaired) electrons. The number of para-hydroxylation sites is 1. The SMILES string of the molecule is COc1ccccc1C(=O)N1CCCN(C(=O)CN2CCc3sccc3[C@@H]2c2cccc(F)c2)CC1. The molecule has 36 heavy (non-hydrogen) atoms. The second-order valence-electron chi connectivity index (χ2n) is 9.20.